The van der Waals surface area contributed by atoms with Gasteiger partial charge in [0.05, 0.1) is 10.4 Å². The maximum atomic E-state index is 5.43. The minimum absolute atomic E-state index is 0.303. The Morgan fingerprint density at radius 2 is 2.15 bits per heavy atom. The van der Waals surface area contributed by atoms with Gasteiger partial charge in [-0.2, -0.15) is 4.98 Å². The molecule has 2 aromatic heterocycles. The van der Waals surface area contributed by atoms with E-state index in [-0.39, 0.29) is 0 Å². The molecule has 1 saturated heterocycles. The molecule has 104 valence electrons. The molecule has 6 nitrogen and oxygen atoms in total. The molecule has 20 heavy (non-hydrogen) atoms. The highest BCUT2D eigenvalue weighted by Gasteiger charge is 2.33. The molecule has 0 spiro atoms. The third kappa shape index (κ3) is 2.19. The minimum atomic E-state index is 0.303. The van der Waals surface area contributed by atoms with Crippen molar-refractivity contribution in [2.75, 3.05) is 18.0 Å². The van der Waals surface area contributed by atoms with Crippen molar-refractivity contribution >= 4 is 21.7 Å². The van der Waals surface area contributed by atoms with Crippen LogP contribution in [-0.4, -0.2) is 33.2 Å². The Labute approximate surface area is 124 Å². The third-order valence-electron chi connectivity index (χ3n) is 3.89. The molecule has 1 saturated carbocycles. The van der Waals surface area contributed by atoms with Crippen LogP contribution in [0.2, 0.25) is 0 Å². The van der Waals surface area contributed by atoms with Crippen LogP contribution in [0.5, 0.6) is 0 Å². The minimum Gasteiger partial charge on any atom is -0.355 e. The zero-order chi connectivity index (χ0) is 13.5. The number of hydrogen-bond acceptors (Lipinski definition) is 6. The summed E-state index contributed by atoms with van der Waals surface area (Å²) in [4.78, 5) is 15.1. The molecule has 2 fully saturated rings. The van der Waals surface area contributed by atoms with E-state index in [1.165, 1.54) is 12.8 Å². The average molecular weight is 336 g/mol. The van der Waals surface area contributed by atoms with Crippen molar-refractivity contribution in [1.82, 2.24) is 20.1 Å². The lowest BCUT2D eigenvalue weighted by molar-refractivity contribution is 0.355. The summed E-state index contributed by atoms with van der Waals surface area (Å²) in [6.07, 6.45) is 6.76. The van der Waals surface area contributed by atoms with Crippen molar-refractivity contribution in [3.05, 3.63) is 28.7 Å². The molecule has 0 N–H and O–H groups in total. The number of anilines is 1. The molecule has 4 rings (SSSR count). The van der Waals surface area contributed by atoms with Crippen molar-refractivity contribution < 1.29 is 4.52 Å². The number of aromatic nitrogens is 4. The lowest BCUT2D eigenvalue weighted by Crippen LogP contribution is -2.21. The van der Waals surface area contributed by atoms with Crippen molar-refractivity contribution in [2.45, 2.75) is 31.1 Å². The van der Waals surface area contributed by atoms with Gasteiger partial charge in [-0.1, -0.05) is 5.16 Å². The fraction of sp³-hybridized carbons (Fsp3) is 0.538. The molecule has 2 aromatic rings. The van der Waals surface area contributed by atoms with E-state index < -0.39 is 0 Å². The Morgan fingerprint density at radius 3 is 2.95 bits per heavy atom. The first-order valence-corrected chi connectivity index (χ1v) is 7.64. The van der Waals surface area contributed by atoms with Crippen LogP contribution in [0.15, 0.2) is 21.5 Å². The second-order valence-electron chi connectivity index (χ2n) is 5.39. The molecule has 0 radical (unpaired) electrons. The van der Waals surface area contributed by atoms with E-state index in [1.54, 1.807) is 12.5 Å². The standard InChI is InChI=1S/C13H14BrN5O/c14-10-5-15-7-16-12(10)19-4-3-9(6-19)13-17-11(18-20-13)8-1-2-8/h5,7-9H,1-4,6H2/t9-/m1/s1. The smallest absolute Gasteiger partial charge is 0.231 e. The van der Waals surface area contributed by atoms with E-state index in [1.807, 2.05) is 0 Å². The van der Waals surface area contributed by atoms with Gasteiger partial charge in [-0.15, -0.1) is 0 Å². The lowest BCUT2D eigenvalue weighted by Gasteiger charge is -2.17. The van der Waals surface area contributed by atoms with Crippen LogP contribution >= 0.6 is 15.9 Å². The van der Waals surface area contributed by atoms with Gasteiger partial charge in [0.1, 0.15) is 12.1 Å². The summed E-state index contributed by atoms with van der Waals surface area (Å²) in [7, 11) is 0. The highest BCUT2D eigenvalue weighted by molar-refractivity contribution is 9.10. The van der Waals surface area contributed by atoms with Crippen LogP contribution in [0.1, 0.15) is 42.8 Å². The molecule has 0 amide bonds. The quantitative estimate of drug-likeness (QED) is 0.858. The van der Waals surface area contributed by atoms with Gasteiger partial charge in [0.15, 0.2) is 5.82 Å². The van der Waals surface area contributed by atoms with Crippen molar-refractivity contribution in [3.8, 4) is 0 Å². The monoisotopic (exact) mass is 335 g/mol. The highest BCUT2D eigenvalue weighted by Crippen LogP contribution is 2.39. The summed E-state index contributed by atoms with van der Waals surface area (Å²) in [6.45, 7) is 1.81. The second kappa shape index (κ2) is 4.80. The van der Waals surface area contributed by atoms with E-state index in [2.05, 4.69) is 40.9 Å². The van der Waals surface area contributed by atoms with E-state index >= 15 is 0 Å². The maximum Gasteiger partial charge on any atom is 0.231 e. The van der Waals surface area contributed by atoms with Gasteiger partial charge in [0, 0.05) is 25.2 Å². The van der Waals surface area contributed by atoms with Gasteiger partial charge in [-0.25, -0.2) is 9.97 Å². The largest absolute Gasteiger partial charge is 0.355 e. The predicted octanol–water partition coefficient (Wildman–Crippen LogP) is 2.49. The molecule has 3 heterocycles. The summed E-state index contributed by atoms with van der Waals surface area (Å²) >= 11 is 3.50. The van der Waals surface area contributed by atoms with Crippen molar-refractivity contribution in [3.63, 3.8) is 0 Å². The van der Waals surface area contributed by atoms with Crippen LogP contribution in [0.3, 0.4) is 0 Å². The average Bonchev–Trinajstić information content (AvgIpc) is 3.01. The van der Waals surface area contributed by atoms with E-state index in [9.17, 15) is 0 Å². The first-order chi connectivity index (χ1) is 9.81. The predicted molar refractivity (Wildman–Crippen MR) is 75.6 cm³/mol. The van der Waals surface area contributed by atoms with Gasteiger partial charge in [0.25, 0.3) is 0 Å². The molecule has 0 unspecified atom stereocenters. The van der Waals surface area contributed by atoms with Crippen LogP contribution in [-0.2, 0) is 0 Å². The van der Waals surface area contributed by atoms with Gasteiger partial charge in [-0.3, -0.25) is 0 Å². The number of hydrogen-bond donors (Lipinski definition) is 0. The second-order valence-corrected chi connectivity index (χ2v) is 6.25. The molecular formula is C13H14BrN5O. The van der Waals surface area contributed by atoms with Gasteiger partial charge >= 0.3 is 0 Å². The van der Waals surface area contributed by atoms with E-state index in [0.717, 1.165) is 41.5 Å². The topological polar surface area (TPSA) is 67.9 Å². The van der Waals surface area contributed by atoms with Gasteiger partial charge < -0.3 is 9.42 Å². The first-order valence-electron chi connectivity index (χ1n) is 6.85. The Morgan fingerprint density at radius 1 is 1.25 bits per heavy atom. The van der Waals surface area contributed by atoms with Crippen LogP contribution in [0.4, 0.5) is 5.82 Å². The Kier molecular flexibility index (Phi) is 2.94. The number of rotatable bonds is 3. The molecule has 0 aromatic carbocycles. The normalized spacial score (nSPS) is 22.4. The Hall–Kier alpha value is -1.50. The van der Waals surface area contributed by atoms with Crippen LogP contribution in [0.25, 0.3) is 0 Å². The number of nitrogens with zero attached hydrogens (tertiary/aromatic N) is 5. The van der Waals surface area contributed by atoms with Crippen molar-refractivity contribution in [2.24, 2.45) is 0 Å². The summed E-state index contributed by atoms with van der Waals surface area (Å²) in [5.41, 5.74) is 0. The zero-order valence-electron chi connectivity index (χ0n) is 10.9. The van der Waals surface area contributed by atoms with E-state index in [0.29, 0.717) is 11.8 Å². The lowest BCUT2D eigenvalue weighted by atomic mass is 10.1. The van der Waals surface area contributed by atoms with Crippen LogP contribution < -0.4 is 4.90 Å². The van der Waals surface area contributed by atoms with Crippen molar-refractivity contribution in [1.29, 1.82) is 0 Å². The maximum absolute atomic E-state index is 5.43. The highest BCUT2D eigenvalue weighted by atomic mass is 79.9. The molecular weight excluding hydrogens is 322 g/mol. The Balaban J connectivity index is 1.51. The summed E-state index contributed by atoms with van der Waals surface area (Å²) in [6, 6.07) is 0. The van der Waals surface area contributed by atoms with Gasteiger partial charge in [0.2, 0.25) is 5.89 Å². The van der Waals surface area contributed by atoms with Gasteiger partial charge in [-0.05, 0) is 35.2 Å². The first kappa shape index (κ1) is 12.3. The fourth-order valence-electron chi connectivity index (χ4n) is 2.61. The summed E-state index contributed by atoms with van der Waals surface area (Å²) < 4.78 is 6.35. The molecule has 1 aliphatic carbocycles. The van der Waals surface area contributed by atoms with Crippen LogP contribution in [0, 0.1) is 0 Å². The molecule has 2 aliphatic rings. The molecule has 1 aliphatic heterocycles. The number of halogens is 1. The summed E-state index contributed by atoms with van der Waals surface area (Å²) in [5.74, 6) is 3.45. The Bertz CT molecular complexity index is 627. The molecule has 7 heteroatoms. The third-order valence-corrected chi connectivity index (χ3v) is 4.44. The SMILES string of the molecule is Brc1cncnc1N1CC[C@@H](c2nc(C3CC3)no2)C1. The molecule has 1 atom stereocenters. The molecule has 0 bridgehead atoms. The zero-order valence-corrected chi connectivity index (χ0v) is 12.5. The fourth-order valence-corrected chi connectivity index (χ4v) is 3.08. The summed E-state index contributed by atoms with van der Waals surface area (Å²) in [5, 5.41) is 4.10. The van der Waals surface area contributed by atoms with E-state index in [4.69, 9.17) is 4.52 Å².